The first-order valence-corrected chi connectivity index (χ1v) is 2.62. The van der Waals surface area contributed by atoms with Gasteiger partial charge in [-0.3, -0.25) is 0 Å². The Morgan fingerprint density at radius 3 is 0.412 bits per heavy atom. The van der Waals surface area contributed by atoms with E-state index < -0.39 is 21.8 Å². The maximum absolute atomic E-state index is 9.75. The fraction of sp³-hybridized carbons (Fsp3) is 1.00. The van der Waals surface area contributed by atoms with Gasteiger partial charge >= 0.3 is 40.6 Å². The molecule has 0 aliphatic rings. The molecule has 0 saturated heterocycles. The molecule has 0 atom stereocenters. The molecule has 0 N–H and O–H groups in total. The van der Waals surface area contributed by atoms with Crippen molar-refractivity contribution in [1.29, 1.82) is 0 Å². The first-order valence-electron chi connectivity index (χ1n) is 2.62. The number of hydrogen-bond donors (Lipinski definition) is 0. The summed E-state index contributed by atoms with van der Waals surface area (Å²) in [5.74, 6) is 0. The third-order valence-electron chi connectivity index (χ3n) is 0. The zero-order valence-electron chi connectivity index (χ0n) is 8.27. The van der Waals surface area contributed by atoms with Crippen LogP contribution in [0, 0.1) is 0 Å². The average molecular weight is 284 g/mol. The number of halogens is 12. The maximum Gasteiger partial charge on any atom is 1.00 e. The van der Waals surface area contributed by atoms with Gasteiger partial charge in [0, 0.05) is 0 Å². The molecule has 0 aromatic carbocycles. The Kier molecular flexibility index (Phi) is 19.7. The van der Waals surface area contributed by atoms with E-state index in [4.69, 9.17) is 0 Å². The van der Waals surface area contributed by atoms with Gasteiger partial charge in [-0.1, -0.05) is 7.43 Å². The van der Waals surface area contributed by atoms with Crippen LogP contribution >= 0.6 is 0 Å². The fourth-order valence-corrected chi connectivity index (χ4v) is 0. The van der Waals surface area contributed by atoms with E-state index in [1.807, 2.05) is 0 Å². The van der Waals surface area contributed by atoms with Gasteiger partial charge < -0.3 is 53.2 Å². The van der Waals surface area contributed by atoms with E-state index in [-0.39, 0.29) is 27.7 Å². The molecule has 0 aromatic heterocycles. The zero-order valence-corrected chi connectivity index (χ0v) is 7.27. The van der Waals surface area contributed by atoms with Gasteiger partial charge in [0.2, 0.25) is 0 Å². The van der Waals surface area contributed by atoms with E-state index in [1.165, 1.54) is 0 Å². The molecule has 16 heteroatoms. The minimum atomic E-state index is -6.00. The summed E-state index contributed by atoms with van der Waals surface area (Å²) in [6, 6.07) is 0. The van der Waals surface area contributed by atoms with Crippen molar-refractivity contribution in [3.05, 3.63) is 0 Å². The van der Waals surface area contributed by atoms with Crippen LogP contribution in [0.3, 0.4) is 0 Å². The topological polar surface area (TPSA) is 0 Å². The third-order valence-corrected chi connectivity index (χ3v) is 0. The smallest absolute Gasteiger partial charge is 1.00 e. The molecule has 0 saturated carbocycles. The number of hydrogen-bond acceptors (Lipinski definition) is 0. The monoisotopic (exact) mass is 285 g/mol. The van der Waals surface area contributed by atoms with Crippen LogP contribution < -0.4 is 18.9 Å². The summed E-state index contributed by atoms with van der Waals surface area (Å²) in [7, 11) is -18.0. The Balaban J connectivity index is -0.0000000277. The van der Waals surface area contributed by atoms with Gasteiger partial charge in [-0.25, -0.2) is 0 Å². The molecule has 0 spiro atoms. The maximum atomic E-state index is 9.75. The molecule has 0 nitrogen and oxygen atoms in total. The van der Waals surface area contributed by atoms with Crippen LogP contribution in [0.2, 0.25) is 0 Å². The largest absolute Gasteiger partial charge is 1.00 e. The second kappa shape index (κ2) is 11.1. The van der Waals surface area contributed by atoms with Crippen LogP contribution in [0.4, 0.5) is 51.8 Å². The van der Waals surface area contributed by atoms with Crippen LogP contribution in [-0.4, -0.2) is 21.8 Å². The predicted molar refractivity (Wildman–Crippen MR) is 38.4 cm³/mol. The van der Waals surface area contributed by atoms with Crippen LogP contribution in [0.25, 0.3) is 0 Å². The molecule has 0 heterocycles. The van der Waals surface area contributed by atoms with Gasteiger partial charge in [0.25, 0.3) is 0 Å². The van der Waals surface area contributed by atoms with Gasteiger partial charge in [-0.05, 0) is 0 Å². The zero-order chi connectivity index (χ0) is 13.5. The summed E-state index contributed by atoms with van der Waals surface area (Å²) >= 11 is 0. The summed E-state index contributed by atoms with van der Waals surface area (Å²) < 4.78 is 117. The number of rotatable bonds is 0. The van der Waals surface area contributed by atoms with Crippen molar-refractivity contribution in [3.8, 4) is 0 Å². The Labute approximate surface area is 102 Å². The minimum absolute atomic E-state index is 0. The second-order valence-electron chi connectivity index (χ2n) is 1.48. The van der Waals surface area contributed by atoms with E-state index in [0.29, 0.717) is 0 Å². The van der Waals surface area contributed by atoms with Gasteiger partial charge in [0.05, 0.1) is 0 Å². The molecule has 106 valence electrons. The van der Waals surface area contributed by atoms with E-state index in [2.05, 4.69) is 0 Å². The Hall–Kier alpha value is -0.0478. The second-order valence-corrected chi connectivity index (χ2v) is 1.48. The van der Waals surface area contributed by atoms with Crippen molar-refractivity contribution in [1.82, 2.24) is 0 Å². The van der Waals surface area contributed by atoms with E-state index in [9.17, 15) is 51.8 Å². The van der Waals surface area contributed by atoms with Crippen molar-refractivity contribution < 1.29 is 72.1 Å². The molecule has 0 bridgehead atoms. The van der Waals surface area contributed by atoms with E-state index >= 15 is 0 Å². The first-order chi connectivity index (χ1) is 6.00. The molecule has 0 aliphatic heterocycles. The standard InChI is InChI=1S/CH4.3BF4.Li.H/c;3*2-1(3,4)5;;/h1H4;;;;;/q;3*-1;+1;-1. The van der Waals surface area contributed by atoms with Crippen molar-refractivity contribution in [2.45, 2.75) is 7.43 Å². The molecule has 17 heavy (non-hydrogen) atoms. The van der Waals surface area contributed by atoms with Gasteiger partial charge in [0.15, 0.2) is 0 Å². The first kappa shape index (κ1) is 30.2. The molecule has 0 unspecified atom stereocenters. The van der Waals surface area contributed by atoms with Gasteiger partial charge in [0.1, 0.15) is 0 Å². The van der Waals surface area contributed by atoms with Gasteiger partial charge in [-0.2, -0.15) is 0 Å². The molecule has 0 aliphatic carbocycles. The molecular formula is CH5B3F12Li-3. The molecule has 0 amide bonds. The van der Waals surface area contributed by atoms with Crippen molar-refractivity contribution in [2.24, 2.45) is 0 Å². The summed E-state index contributed by atoms with van der Waals surface area (Å²) in [5.41, 5.74) is 0. The van der Waals surface area contributed by atoms with Gasteiger partial charge in [-0.15, -0.1) is 0 Å². The summed E-state index contributed by atoms with van der Waals surface area (Å²) in [4.78, 5) is 0. The third kappa shape index (κ3) is 1360000. The quantitative estimate of drug-likeness (QED) is 0.469. The van der Waals surface area contributed by atoms with Crippen LogP contribution in [0.5, 0.6) is 0 Å². The Morgan fingerprint density at radius 2 is 0.412 bits per heavy atom. The predicted octanol–water partition coefficient (Wildman–Crippen LogP) is 1.65. The molecule has 0 rings (SSSR count). The van der Waals surface area contributed by atoms with Crippen molar-refractivity contribution >= 4 is 21.8 Å². The summed E-state index contributed by atoms with van der Waals surface area (Å²) in [6.07, 6.45) is 0. The van der Waals surface area contributed by atoms with Crippen LogP contribution in [0.1, 0.15) is 8.85 Å². The summed E-state index contributed by atoms with van der Waals surface area (Å²) in [6.45, 7) is 0. The van der Waals surface area contributed by atoms with Crippen LogP contribution in [0.15, 0.2) is 0 Å². The van der Waals surface area contributed by atoms with Crippen LogP contribution in [-0.2, 0) is 0 Å². The SMILES string of the molecule is C.F[B-](F)(F)F.F[B-](F)(F)F.F[B-](F)(F)F.[H-].[Li+]. The average Bonchev–Trinajstić information content (AvgIpc) is 1.41. The minimum Gasteiger partial charge on any atom is -1.00 e. The molecule has 0 fully saturated rings. The van der Waals surface area contributed by atoms with Crippen molar-refractivity contribution in [3.63, 3.8) is 0 Å². The van der Waals surface area contributed by atoms with E-state index in [1.54, 1.807) is 0 Å². The van der Waals surface area contributed by atoms with E-state index in [0.717, 1.165) is 0 Å². The van der Waals surface area contributed by atoms with Crippen molar-refractivity contribution in [2.75, 3.05) is 0 Å². The molecular weight excluding hydrogens is 279 g/mol. The summed E-state index contributed by atoms with van der Waals surface area (Å²) in [5, 5.41) is 0. The molecule has 0 radical (unpaired) electrons. The Morgan fingerprint density at radius 1 is 0.412 bits per heavy atom. The Bertz CT molecular complexity index is 102. The fourth-order valence-electron chi connectivity index (χ4n) is 0. The molecule has 0 aromatic rings. The normalized spacial score (nSPS) is 10.6.